The van der Waals surface area contributed by atoms with Gasteiger partial charge in [0.1, 0.15) is 0 Å². The molecule has 1 aromatic rings. The number of carboxylic acids is 1. The second kappa shape index (κ2) is 5.89. The lowest BCUT2D eigenvalue weighted by molar-refractivity contribution is -0.148. The van der Waals surface area contributed by atoms with E-state index in [4.69, 9.17) is 14.6 Å². The van der Waals surface area contributed by atoms with Gasteiger partial charge < -0.3 is 14.6 Å². The molecule has 0 saturated carbocycles. The highest BCUT2D eigenvalue weighted by molar-refractivity contribution is 6.33. The first-order valence-electron chi connectivity index (χ1n) is 5.15. The third kappa shape index (κ3) is 3.21. The molecule has 0 aliphatic heterocycles. The lowest BCUT2D eigenvalue weighted by Crippen LogP contribution is -2.15. The fourth-order valence-electron chi connectivity index (χ4n) is 1.45. The number of hydrogen-bond acceptors (Lipinski definition) is 4. The Morgan fingerprint density at radius 1 is 1.35 bits per heavy atom. The number of para-hydroxylation sites is 1. The first-order valence-corrected chi connectivity index (χ1v) is 5.15. The van der Waals surface area contributed by atoms with E-state index in [2.05, 4.69) is 0 Å². The maximum atomic E-state index is 11.2. The summed E-state index contributed by atoms with van der Waals surface area (Å²) in [6.45, 7) is 2.29. The summed E-state index contributed by atoms with van der Waals surface area (Å²) in [5.41, 5.74) is 0.505. The zero-order valence-electron chi connectivity index (χ0n) is 9.73. The summed E-state index contributed by atoms with van der Waals surface area (Å²) in [6.07, 6.45) is -0.209. The highest BCUT2D eigenvalue weighted by Crippen LogP contribution is 2.31. The fourth-order valence-corrected chi connectivity index (χ4v) is 1.45. The lowest BCUT2D eigenvalue weighted by Gasteiger charge is -2.12. The molecule has 1 aromatic carbocycles. The molecule has 0 radical (unpaired) electrons. The largest absolute Gasteiger partial charge is 0.493 e. The Bertz CT molecular complexity index is 425. The minimum absolute atomic E-state index is 0.209. The maximum absolute atomic E-state index is 11.2. The van der Waals surface area contributed by atoms with Crippen LogP contribution in [0.25, 0.3) is 0 Å². The summed E-state index contributed by atoms with van der Waals surface area (Å²) in [7, 11) is 1.45. The van der Waals surface area contributed by atoms with Gasteiger partial charge in [-0.1, -0.05) is 12.1 Å². The Balaban J connectivity index is 3.02. The molecule has 5 nitrogen and oxygen atoms in total. The van der Waals surface area contributed by atoms with Crippen molar-refractivity contribution in [2.45, 2.75) is 13.3 Å². The average Bonchev–Trinajstić information content (AvgIpc) is 2.29. The second-order valence-electron chi connectivity index (χ2n) is 3.29. The standard InChI is InChI=1S/C12H14O5/c1-3-17-10-6-4-5-8(11(10)16-2)7-9(13)12(14)15/h4-6H,3,7H2,1-2H3,(H,14,15). The van der Waals surface area contributed by atoms with Crippen LogP contribution in [0.15, 0.2) is 18.2 Å². The molecule has 0 aliphatic rings. The number of aliphatic carboxylic acids is 1. The Morgan fingerprint density at radius 3 is 2.59 bits per heavy atom. The first kappa shape index (κ1) is 13.0. The van der Waals surface area contributed by atoms with Gasteiger partial charge in [-0.05, 0) is 13.0 Å². The minimum Gasteiger partial charge on any atom is -0.493 e. The summed E-state index contributed by atoms with van der Waals surface area (Å²) < 4.78 is 10.5. The molecule has 0 bridgehead atoms. The van der Waals surface area contributed by atoms with E-state index in [1.807, 2.05) is 6.92 Å². The molecule has 0 atom stereocenters. The van der Waals surface area contributed by atoms with Crippen LogP contribution >= 0.6 is 0 Å². The van der Waals surface area contributed by atoms with Crippen molar-refractivity contribution in [1.82, 2.24) is 0 Å². The fraction of sp³-hybridized carbons (Fsp3) is 0.333. The van der Waals surface area contributed by atoms with Crippen LogP contribution in [0.1, 0.15) is 12.5 Å². The van der Waals surface area contributed by atoms with Crippen molar-refractivity contribution in [3.05, 3.63) is 23.8 Å². The molecule has 0 aromatic heterocycles. The Morgan fingerprint density at radius 2 is 2.06 bits per heavy atom. The molecule has 0 spiro atoms. The van der Waals surface area contributed by atoms with Gasteiger partial charge in [-0.15, -0.1) is 0 Å². The van der Waals surface area contributed by atoms with E-state index in [1.165, 1.54) is 7.11 Å². The molecule has 1 rings (SSSR count). The van der Waals surface area contributed by atoms with Crippen LogP contribution in [0, 0.1) is 0 Å². The zero-order chi connectivity index (χ0) is 12.8. The number of methoxy groups -OCH3 is 1. The van der Waals surface area contributed by atoms with E-state index in [9.17, 15) is 9.59 Å². The molecule has 0 heterocycles. The smallest absolute Gasteiger partial charge is 0.372 e. The van der Waals surface area contributed by atoms with E-state index >= 15 is 0 Å². The van der Waals surface area contributed by atoms with Crippen molar-refractivity contribution in [2.24, 2.45) is 0 Å². The molecule has 0 saturated heterocycles. The topological polar surface area (TPSA) is 72.8 Å². The highest BCUT2D eigenvalue weighted by Gasteiger charge is 2.17. The Kier molecular flexibility index (Phi) is 4.51. The monoisotopic (exact) mass is 238 g/mol. The molecular weight excluding hydrogens is 224 g/mol. The van der Waals surface area contributed by atoms with Crippen molar-refractivity contribution in [2.75, 3.05) is 13.7 Å². The van der Waals surface area contributed by atoms with E-state index in [0.29, 0.717) is 23.7 Å². The molecule has 0 aliphatic carbocycles. The van der Waals surface area contributed by atoms with Crippen LogP contribution in [-0.2, 0) is 16.0 Å². The van der Waals surface area contributed by atoms with Gasteiger partial charge in [0.25, 0.3) is 0 Å². The van der Waals surface area contributed by atoms with Crippen LogP contribution in [0.5, 0.6) is 11.5 Å². The maximum Gasteiger partial charge on any atom is 0.372 e. The van der Waals surface area contributed by atoms with Crippen LogP contribution in [-0.4, -0.2) is 30.6 Å². The number of benzene rings is 1. The van der Waals surface area contributed by atoms with E-state index in [1.54, 1.807) is 18.2 Å². The highest BCUT2D eigenvalue weighted by atomic mass is 16.5. The van der Waals surface area contributed by atoms with Crippen molar-refractivity contribution in [3.8, 4) is 11.5 Å². The number of ketones is 1. The van der Waals surface area contributed by atoms with Crippen molar-refractivity contribution >= 4 is 11.8 Å². The summed E-state index contributed by atoms with van der Waals surface area (Å²) >= 11 is 0. The Hall–Kier alpha value is -2.04. The second-order valence-corrected chi connectivity index (χ2v) is 3.29. The van der Waals surface area contributed by atoms with Crippen molar-refractivity contribution < 1.29 is 24.2 Å². The van der Waals surface area contributed by atoms with E-state index in [0.717, 1.165) is 0 Å². The Labute approximate surface area is 99.0 Å². The molecular formula is C12H14O5. The van der Waals surface area contributed by atoms with Gasteiger partial charge in [0, 0.05) is 12.0 Å². The molecule has 1 N–H and O–H groups in total. The molecule has 0 unspecified atom stereocenters. The number of carbonyl (C=O) groups is 2. The van der Waals surface area contributed by atoms with Gasteiger partial charge in [-0.25, -0.2) is 4.79 Å². The molecule has 0 fully saturated rings. The van der Waals surface area contributed by atoms with Gasteiger partial charge in [0.15, 0.2) is 11.5 Å². The third-order valence-electron chi connectivity index (χ3n) is 2.15. The van der Waals surface area contributed by atoms with Gasteiger partial charge >= 0.3 is 5.97 Å². The van der Waals surface area contributed by atoms with Gasteiger partial charge in [-0.2, -0.15) is 0 Å². The quantitative estimate of drug-likeness (QED) is 0.756. The molecule has 92 valence electrons. The number of rotatable bonds is 6. The predicted molar refractivity (Wildman–Crippen MR) is 60.5 cm³/mol. The number of ether oxygens (including phenoxy) is 2. The summed E-state index contributed by atoms with van der Waals surface area (Å²) in [6, 6.07) is 5.04. The number of hydrogen-bond donors (Lipinski definition) is 1. The van der Waals surface area contributed by atoms with Gasteiger partial charge in [-0.3, -0.25) is 4.79 Å². The zero-order valence-corrected chi connectivity index (χ0v) is 9.73. The summed E-state index contributed by atoms with van der Waals surface area (Å²) in [5.74, 6) is -1.42. The number of Topliss-reactive ketones (excluding diaryl/α,β-unsaturated/α-hetero) is 1. The molecule has 5 heteroatoms. The van der Waals surface area contributed by atoms with Gasteiger partial charge in [0.2, 0.25) is 5.78 Å². The van der Waals surface area contributed by atoms with Crippen LogP contribution in [0.3, 0.4) is 0 Å². The summed E-state index contributed by atoms with van der Waals surface area (Å²) in [4.78, 5) is 21.6. The first-order chi connectivity index (χ1) is 8.10. The summed E-state index contributed by atoms with van der Waals surface area (Å²) in [5, 5.41) is 8.56. The average molecular weight is 238 g/mol. The van der Waals surface area contributed by atoms with Crippen molar-refractivity contribution in [3.63, 3.8) is 0 Å². The SMILES string of the molecule is CCOc1cccc(CC(=O)C(=O)O)c1OC. The predicted octanol–water partition coefficient (Wildman–Crippen LogP) is 1.29. The number of carbonyl (C=O) groups excluding carboxylic acids is 1. The van der Waals surface area contributed by atoms with Crippen LogP contribution in [0.4, 0.5) is 0 Å². The van der Waals surface area contributed by atoms with Gasteiger partial charge in [0.05, 0.1) is 13.7 Å². The van der Waals surface area contributed by atoms with E-state index < -0.39 is 11.8 Å². The van der Waals surface area contributed by atoms with Crippen LogP contribution < -0.4 is 9.47 Å². The molecule has 0 amide bonds. The van der Waals surface area contributed by atoms with Crippen LogP contribution in [0.2, 0.25) is 0 Å². The lowest BCUT2D eigenvalue weighted by atomic mass is 10.1. The minimum atomic E-state index is -1.45. The third-order valence-corrected chi connectivity index (χ3v) is 2.15. The van der Waals surface area contributed by atoms with Crippen molar-refractivity contribution in [1.29, 1.82) is 0 Å². The normalized spacial score (nSPS) is 9.76. The van der Waals surface area contributed by atoms with E-state index in [-0.39, 0.29) is 6.42 Å². The number of carboxylic acid groups (broad SMARTS) is 1. The molecule has 17 heavy (non-hydrogen) atoms.